The van der Waals surface area contributed by atoms with Crippen LogP contribution in [0.25, 0.3) is 0 Å². The first-order valence-electron chi connectivity index (χ1n) is 6.38. The van der Waals surface area contributed by atoms with Gasteiger partial charge in [-0.3, -0.25) is 0 Å². The molecule has 0 amide bonds. The second kappa shape index (κ2) is 5.76. The summed E-state index contributed by atoms with van der Waals surface area (Å²) in [5.74, 6) is -2.84. The predicted molar refractivity (Wildman–Crippen MR) is 66.8 cm³/mol. The lowest BCUT2D eigenvalue weighted by Gasteiger charge is -2.24. The van der Waals surface area contributed by atoms with Gasteiger partial charge in [-0.05, 0) is 19.8 Å². The van der Waals surface area contributed by atoms with E-state index in [1.165, 1.54) is 12.1 Å². The van der Waals surface area contributed by atoms with Crippen LogP contribution in [0.15, 0.2) is 30.3 Å². The zero-order chi connectivity index (χ0) is 13.0. The van der Waals surface area contributed by atoms with Crippen LogP contribution in [0.3, 0.4) is 0 Å². The molecule has 4 heteroatoms. The number of ether oxygens (including phenoxy) is 1. The lowest BCUT2D eigenvalue weighted by Crippen LogP contribution is -2.42. The molecule has 0 aromatic heterocycles. The molecule has 1 fully saturated rings. The second-order valence-corrected chi connectivity index (χ2v) is 4.79. The molecule has 0 saturated carbocycles. The lowest BCUT2D eigenvalue weighted by atomic mass is 10.1. The number of nitrogens with one attached hydrogen (secondary N) is 1. The number of benzene rings is 1. The Hall–Kier alpha value is -1.00. The molecule has 0 aliphatic carbocycles. The number of halogens is 2. The highest BCUT2D eigenvalue weighted by molar-refractivity contribution is 5.20. The Morgan fingerprint density at radius 1 is 1.39 bits per heavy atom. The third kappa shape index (κ3) is 3.27. The van der Waals surface area contributed by atoms with Crippen molar-refractivity contribution in [2.45, 2.75) is 37.8 Å². The van der Waals surface area contributed by atoms with Gasteiger partial charge < -0.3 is 10.1 Å². The highest BCUT2D eigenvalue weighted by Gasteiger charge is 2.32. The van der Waals surface area contributed by atoms with Crippen LogP contribution in [0.2, 0.25) is 0 Å². The summed E-state index contributed by atoms with van der Waals surface area (Å²) in [4.78, 5) is 0. The molecule has 1 aromatic carbocycles. The van der Waals surface area contributed by atoms with Gasteiger partial charge in [-0.1, -0.05) is 30.3 Å². The molecule has 0 radical (unpaired) electrons. The lowest BCUT2D eigenvalue weighted by molar-refractivity contribution is -0.0120. The highest BCUT2D eigenvalue weighted by Crippen LogP contribution is 2.27. The summed E-state index contributed by atoms with van der Waals surface area (Å²) in [6, 6.07) is 7.88. The third-order valence-electron chi connectivity index (χ3n) is 3.36. The van der Waals surface area contributed by atoms with Crippen molar-refractivity contribution in [1.82, 2.24) is 5.32 Å². The van der Waals surface area contributed by atoms with E-state index in [-0.39, 0.29) is 24.3 Å². The maximum Gasteiger partial charge on any atom is 0.285 e. The summed E-state index contributed by atoms with van der Waals surface area (Å²) < 4.78 is 33.3. The maximum absolute atomic E-state index is 13.9. The van der Waals surface area contributed by atoms with Gasteiger partial charge in [-0.25, -0.2) is 0 Å². The van der Waals surface area contributed by atoms with Crippen LogP contribution in [-0.2, 0) is 10.7 Å². The topological polar surface area (TPSA) is 21.3 Å². The maximum atomic E-state index is 13.9. The summed E-state index contributed by atoms with van der Waals surface area (Å²) in [5, 5.41) is 2.89. The first kappa shape index (κ1) is 13.4. The summed E-state index contributed by atoms with van der Waals surface area (Å²) >= 11 is 0. The summed E-state index contributed by atoms with van der Waals surface area (Å²) in [6.45, 7) is 2.29. The number of rotatable bonds is 5. The Balaban J connectivity index is 1.88. The number of hydrogen-bond donors (Lipinski definition) is 1. The van der Waals surface area contributed by atoms with E-state index in [0.29, 0.717) is 0 Å². The normalized spacial score (nSPS) is 22.1. The molecule has 2 rings (SSSR count). The van der Waals surface area contributed by atoms with Crippen molar-refractivity contribution in [3.63, 3.8) is 0 Å². The van der Waals surface area contributed by atoms with E-state index >= 15 is 0 Å². The quantitative estimate of drug-likeness (QED) is 0.873. The Bertz CT molecular complexity index is 363. The Morgan fingerprint density at radius 2 is 2.11 bits per heavy atom. The van der Waals surface area contributed by atoms with Crippen LogP contribution in [0.5, 0.6) is 0 Å². The van der Waals surface area contributed by atoms with Gasteiger partial charge in [0, 0.05) is 18.2 Å². The zero-order valence-corrected chi connectivity index (χ0v) is 10.5. The Kier molecular flexibility index (Phi) is 4.30. The van der Waals surface area contributed by atoms with Crippen LogP contribution in [0.4, 0.5) is 8.78 Å². The van der Waals surface area contributed by atoms with Gasteiger partial charge in [-0.15, -0.1) is 0 Å². The molecular weight excluding hydrogens is 236 g/mol. The minimum absolute atomic E-state index is 0.0397. The number of hydrogen-bond acceptors (Lipinski definition) is 2. The highest BCUT2D eigenvalue weighted by atomic mass is 19.3. The molecule has 18 heavy (non-hydrogen) atoms. The average molecular weight is 255 g/mol. The van der Waals surface area contributed by atoms with Crippen molar-refractivity contribution >= 4 is 0 Å². The van der Waals surface area contributed by atoms with Gasteiger partial charge in [0.15, 0.2) is 0 Å². The fourth-order valence-electron chi connectivity index (χ4n) is 2.20. The molecule has 1 saturated heterocycles. The Morgan fingerprint density at radius 3 is 2.72 bits per heavy atom. The molecule has 2 atom stereocenters. The smallest absolute Gasteiger partial charge is 0.285 e. The van der Waals surface area contributed by atoms with Gasteiger partial charge >= 0.3 is 0 Å². The molecule has 1 N–H and O–H groups in total. The van der Waals surface area contributed by atoms with E-state index < -0.39 is 5.92 Å². The molecule has 1 aromatic rings. The summed E-state index contributed by atoms with van der Waals surface area (Å²) in [7, 11) is 0. The van der Waals surface area contributed by atoms with Gasteiger partial charge in [0.2, 0.25) is 0 Å². The summed E-state index contributed by atoms with van der Waals surface area (Å²) in [5.41, 5.74) is 0.0528. The van der Waals surface area contributed by atoms with Crippen molar-refractivity contribution < 1.29 is 13.5 Å². The van der Waals surface area contributed by atoms with Crippen molar-refractivity contribution in [2.75, 3.05) is 13.2 Å². The van der Waals surface area contributed by atoms with Crippen molar-refractivity contribution in [2.24, 2.45) is 0 Å². The Labute approximate surface area is 106 Å². The number of alkyl halides is 2. The van der Waals surface area contributed by atoms with E-state index in [9.17, 15) is 8.78 Å². The standard InChI is InChI=1S/C14H19F2NO/c1-11(13-8-5-9-18-13)17-10-14(15,16)12-6-3-2-4-7-12/h2-4,6-7,11,13,17H,5,8-10H2,1H3. The van der Waals surface area contributed by atoms with Crippen LogP contribution in [-0.4, -0.2) is 25.3 Å². The van der Waals surface area contributed by atoms with E-state index in [0.717, 1.165) is 19.4 Å². The van der Waals surface area contributed by atoms with E-state index in [4.69, 9.17) is 4.74 Å². The zero-order valence-electron chi connectivity index (χ0n) is 10.5. The van der Waals surface area contributed by atoms with Gasteiger partial charge in [0.25, 0.3) is 5.92 Å². The molecular formula is C14H19F2NO. The van der Waals surface area contributed by atoms with E-state index in [2.05, 4.69) is 5.32 Å². The van der Waals surface area contributed by atoms with E-state index in [1.807, 2.05) is 6.92 Å². The van der Waals surface area contributed by atoms with Crippen molar-refractivity contribution in [1.29, 1.82) is 0 Å². The second-order valence-electron chi connectivity index (χ2n) is 4.79. The van der Waals surface area contributed by atoms with Crippen LogP contribution < -0.4 is 5.32 Å². The first-order chi connectivity index (χ1) is 8.59. The molecule has 0 bridgehead atoms. The average Bonchev–Trinajstić information content (AvgIpc) is 2.91. The summed E-state index contributed by atoms with van der Waals surface area (Å²) in [6.07, 6.45) is 2.04. The minimum Gasteiger partial charge on any atom is -0.377 e. The molecule has 1 aliphatic heterocycles. The minimum atomic E-state index is -2.84. The molecule has 1 heterocycles. The fourth-order valence-corrected chi connectivity index (χ4v) is 2.20. The molecule has 0 spiro atoms. The van der Waals surface area contributed by atoms with Crippen molar-refractivity contribution in [3.05, 3.63) is 35.9 Å². The van der Waals surface area contributed by atoms with Gasteiger partial charge in [-0.2, -0.15) is 8.78 Å². The monoisotopic (exact) mass is 255 g/mol. The fraction of sp³-hybridized carbons (Fsp3) is 0.571. The largest absolute Gasteiger partial charge is 0.377 e. The van der Waals surface area contributed by atoms with E-state index in [1.54, 1.807) is 18.2 Å². The third-order valence-corrected chi connectivity index (χ3v) is 3.36. The van der Waals surface area contributed by atoms with Gasteiger partial charge in [0.1, 0.15) is 0 Å². The van der Waals surface area contributed by atoms with Crippen molar-refractivity contribution in [3.8, 4) is 0 Å². The SMILES string of the molecule is CC(NCC(F)(F)c1ccccc1)C1CCCO1. The van der Waals surface area contributed by atoms with Crippen LogP contribution in [0.1, 0.15) is 25.3 Å². The first-order valence-corrected chi connectivity index (χ1v) is 6.38. The van der Waals surface area contributed by atoms with Crippen LogP contribution >= 0.6 is 0 Å². The van der Waals surface area contributed by atoms with Crippen LogP contribution in [0, 0.1) is 0 Å². The van der Waals surface area contributed by atoms with Gasteiger partial charge in [0.05, 0.1) is 12.6 Å². The molecule has 1 aliphatic rings. The molecule has 2 unspecified atom stereocenters. The molecule has 2 nitrogen and oxygen atoms in total. The predicted octanol–water partition coefficient (Wildman–Crippen LogP) is 2.94. The molecule has 100 valence electrons.